The zero-order valence-corrected chi connectivity index (χ0v) is 42.0. The second kappa shape index (κ2) is 21.3. The average molecular weight is 1050 g/mol. The lowest BCUT2D eigenvalue weighted by Gasteiger charge is -2.62. The normalized spacial score (nSPS) is 58.2. The molecule has 32 atom stereocenters. The van der Waals surface area contributed by atoms with E-state index in [-0.39, 0.29) is 22.9 Å². The minimum Gasteiger partial charge on any atom is -0.394 e. The fraction of sp³-hybridized carbons (Fsp3) is 1.00. The lowest BCUT2D eigenvalue weighted by molar-refractivity contribution is -0.404. The predicted molar refractivity (Wildman–Crippen MR) is 244 cm³/mol. The summed E-state index contributed by atoms with van der Waals surface area (Å²) in [4.78, 5) is 0. The quantitative estimate of drug-likeness (QED) is 0.0902. The lowest BCUT2D eigenvalue weighted by Crippen LogP contribution is -2.68. The number of aliphatic hydroxyl groups excluding tert-OH is 13. The molecule has 23 nitrogen and oxygen atoms in total. The highest BCUT2D eigenvalue weighted by molar-refractivity contribution is 5.16. The van der Waals surface area contributed by atoms with E-state index in [1.165, 1.54) is 0 Å². The van der Waals surface area contributed by atoms with Gasteiger partial charge in [-0.3, -0.25) is 0 Å². The van der Waals surface area contributed by atoms with Gasteiger partial charge >= 0.3 is 0 Å². The Bertz CT molecular complexity index is 1860. The Labute approximate surface area is 424 Å². The van der Waals surface area contributed by atoms with E-state index in [0.29, 0.717) is 48.3 Å². The molecule has 6 aliphatic heterocycles. The van der Waals surface area contributed by atoms with Crippen LogP contribution in [0.25, 0.3) is 0 Å². The Morgan fingerprint density at radius 2 is 1.15 bits per heavy atom. The Morgan fingerprint density at radius 3 is 1.85 bits per heavy atom. The van der Waals surface area contributed by atoms with Crippen molar-refractivity contribution in [2.75, 3.05) is 33.0 Å². The molecule has 6 heterocycles. The van der Waals surface area contributed by atoms with Crippen LogP contribution in [0, 0.1) is 52.3 Å². The van der Waals surface area contributed by atoms with E-state index in [0.717, 1.165) is 51.6 Å². The fourth-order valence-corrected chi connectivity index (χ4v) is 15.9. The maximum atomic E-state index is 12.0. The van der Waals surface area contributed by atoms with Gasteiger partial charge in [0.15, 0.2) is 30.9 Å². The van der Waals surface area contributed by atoms with Gasteiger partial charge in [0, 0.05) is 12.3 Å². The smallest absolute Gasteiger partial charge is 0.187 e. The lowest BCUT2D eigenvalue weighted by atomic mass is 9.44. The van der Waals surface area contributed by atoms with Crippen LogP contribution in [-0.2, 0) is 47.4 Å². The summed E-state index contributed by atoms with van der Waals surface area (Å²) in [7, 11) is 0. The van der Waals surface area contributed by atoms with E-state index in [1.807, 2.05) is 0 Å². The molecule has 73 heavy (non-hydrogen) atoms. The third-order valence-electron chi connectivity index (χ3n) is 20.0. The molecule has 1 spiro atoms. The van der Waals surface area contributed by atoms with Crippen molar-refractivity contribution >= 4 is 0 Å². The van der Waals surface area contributed by atoms with E-state index in [2.05, 4.69) is 27.7 Å². The van der Waals surface area contributed by atoms with Crippen molar-refractivity contribution in [2.24, 2.45) is 52.3 Å². The zero-order chi connectivity index (χ0) is 52.2. The van der Waals surface area contributed by atoms with Crippen molar-refractivity contribution in [3.8, 4) is 0 Å². The molecule has 13 N–H and O–H groups in total. The largest absolute Gasteiger partial charge is 0.394 e. The van der Waals surface area contributed by atoms with E-state index >= 15 is 0 Å². The molecule has 10 aliphatic rings. The van der Waals surface area contributed by atoms with Crippen molar-refractivity contribution in [1.82, 2.24) is 0 Å². The molecule has 23 heteroatoms. The molecule has 0 bridgehead atoms. The number of rotatable bonds is 11. The molecule has 10 fully saturated rings. The minimum absolute atomic E-state index is 0.130. The van der Waals surface area contributed by atoms with Gasteiger partial charge in [-0.15, -0.1) is 0 Å². The van der Waals surface area contributed by atoms with Crippen LogP contribution in [0.2, 0.25) is 0 Å². The number of fused-ring (bicyclic) bond motifs is 7. The standard InChI is InChI=1S/C50H82O23/c1-19-7-10-50(65-17-19)20(2)32-28(73-50)12-24-22-6-5-21-11-27(25(54)13-49(21,4)23(22)8-9-48(24,32)3)66-45-40(63)37(60)41(31(16-53)69-45)70-47-43(72-46-39(62)36(59)34(57)29(14-51)67-46)42(35(58)30(15-52)68-47)71-44-38(61)33(56)26(55)18-64-44/h19-47,51-63H,5-18H2,1-4H3/t19-,20+,21+,22?,23?,24+,25-,26-,27-,28?,29-,30-,31-,32?,33+,34+,35-,36+,37-,38-,39-,40-,41+,42+,43-,44+,45-,46+,47+,48+,49+,50?/m1/s1. The molecule has 4 saturated carbocycles. The summed E-state index contributed by atoms with van der Waals surface area (Å²) < 4.78 is 61.1. The van der Waals surface area contributed by atoms with Gasteiger partial charge in [0.05, 0.1) is 51.3 Å². The molecule has 0 radical (unpaired) electrons. The van der Waals surface area contributed by atoms with Crippen LogP contribution in [-0.4, -0.2) is 240 Å². The van der Waals surface area contributed by atoms with Gasteiger partial charge in [0.2, 0.25) is 0 Å². The van der Waals surface area contributed by atoms with Crippen molar-refractivity contribution in [3.63, 3.8) is 0 Å². The van der Waals surface area contributed by atoms with Crippen LogP contribution in [0.5, 0.6) is 0 Å². The summed E-state index contributed by atoms with van der Waals surface area (Å²) in [5.41, 5.74) is -0.0565. The highest BCUT2D eigenvalue weighted by atomic mass is 16.8. The first-order chi connectivity index (χ1) is 34.7. The maximum absolute atomic E-state index is 12.0. The van der Waals surface area contributed by atoms with Gasteiger partial charge in [-0.25, -0.2) is 0 Å². The Kier molecular flexibility index (Phi) is 16.1. The van der Waals surface area contributed by atoms with Crippen molar-refractivity contribution in [1.29, 1.82) is 0 Å². The fourth-order valence-electron chi connectivity index (χ4n) is 15.9. The summed E-state index contributed by atoms with van der Waals surface area (Å²) in [6.07, 6.45) is -27.2. The van der Waals surface area contributed by atoms with Gasteiger partial charge in [-0.1, -0.05) is 27.7 Å². The second-order valence-corrected chi connectivity index (χ2v) is 24.0. The second-order valence-electron chi connectivity index (χ2n) is 24.0. The highest BCUT2D eigenvalue weighted by Crippen LogP contribution is 2.71. The Hall–Kier alpha value is -0.920. The first-order valence-electron chi connectivity index (χ1n) is 26.8. The molecule has 0 amide bonds. The molecule has 0 aromatic carbocycles. The van der Waals surface area contributed by atoms with Gasteiger partial charge in [-0.05, 0) is 97.7 Å². The molecule has 10 rings (SSSR count). The van der Waals surface area contributed by atoms with Crippen LogP contribution in [0.1, 0.15) is 85.5 Å². The van der Waals surface area contributed by atoms with Crippen molar-refractivity contribution < 1.29 is 114 Å². The highest BCUT2D eigenvalue weighted by Gasteiger charge is 2.70. The zero-order valence-electron chi connectivity index (χ0n) is 42.0. The summed E-state index contributed by atoms with van der Waals surface area (Å²) in [5, 5.41) is 141. The number of ether oxygens (including phenoxy) is 10. The molecular weight excluding hydrogens is 969 g/mol. The molecule has 5 unspecified atom stereocenters. The third kappa shape index (κ3) is 9.49. The van der Waals surface area contributed by atoms with Gasteiger partial charge in [0.1, 0.15) is 91.6 Å². The van der Waals surface area contributed by atoms with Crippen LogP contribution in [0.4, 0.5) is 0 Å². The first-order valence-corrected chi connectivity index (χ1v) is 26.8. The maximum Gasteiger partial charge on any atom is 0.187 e. The van der Waals surface area contributed by atoms with Gasteiger partial charge < -0.3 is 114 Å². The predicted octanol–water partition coefficient (Wildman–Crippen LogP) is -3.30. The van der Waals surface area contributed by atoms with E-state index < -0.39 is 161 Å². The monoisotopic (exact) mass is 1050 g/mol. The molecule has 6 saturated heterocycles. The summed E-state index contributed by atoms with van der Waals surface area (Å²) in [5.74, 6) is 2.34. The van der Waals surface area contributed by atoms with Crippen LogP contribution < -0.4 is 0 Å². The molecule has 0 aromatic rings. The molecular formula is C50H82O23. The Balaban J connectivity index is 0.824. The third-order valence-corrected chi connectivity index (χ3v) is 20.0. The van der Waals surface area contributed by atoms with Crippen LogP contribution in [0.3, 0.4) is 0 Å². The van der Waals surface area contributed by atoms with Crippen molar-refractivity contribution in [2.45, 2.75) is 226 Å². The van der Waals surface area contributed by atoms with E-state index in [4.69, 9.17) is 47.4 Å². The van der Waals surface area contributed by atoms with Gasteiger partial charge in [0.25, 0.3) is 0 Å². The number of hydrogen-bond donors (Lipinski definition) is 13. The minimum atomic E-state index is -2.02. The first kappa shape index (κ1) is 55.4. The van der Waals surface area contributed by atoms with E-state index in [9.17, 15) is 66.4 Å². The number of hydrogen-bond acceptors (Lipinski definition) is 23. The number of aliphatic hydroxyl groups is 13. The van der Waals surface area contributed by atoms with E-state index in [1.54, 1.807) is 0 Å². The van der Waals surface area contributed by atoms with Crippen LogP contribution in [0.15, 0.2) is 0 Å². The SMILES string of the molecule is C[C@@H]1CCC2(OC1)OC1C[C@H]3C4CC[C@H]5C[C@@H](O[C@@H]6O[C@H](CO)[C@H](O[C@@H]7O[C@H](CO)[C@@H](O)[C@H](O[C@@H]8OC[C@@H](O)[C@H](O)[C@H]8O)[C@H]7O[C@@H]7O[C@H](CO)[C@H](O)[C@H](O)[C@H]7O)[C@H](O)[C@H]6O)[C@H](O)C[C@]5(C)C4CC[C@]3(C)C1[C@@H]2C. The average Bonchev–Trinajstić information content (AvgIpc) is 3.82. The van der Waals surface area contributed by atoms with Gasteiger partial charge in [-0.2, -0.15) is 0 Å². The van der Waals surface area contributed by atoms with Crippen LogP contribution >= 0.6 is 0 Å². The molecule has 4 aliphatic carbocycles. The Morgan fingerprint density at radius 1 is 0.521 bits per heavy atom. The summed E-state index contributed by atoms with van der Waals surface area (Å²) in [6.45, 7) is 7.02. The molecule has 420 valence electrons. The topological polar surface area (TPSA) is 355 Å². The summed E-state index contributed by atoms with van der Waals surface area (Å²) >= 11 is 0. The van der Waals surface area contributed by atoms with Crippen molar-refractivity contribution in [3.05, 3.63) is 0 Å². The molecule has 0 aromatic heterocycles. The summed E-state index contributed by atoms with van der Waals surface area (Å²) in [6, 6.07) is 0.